The summed E-state index contributed by atoms with van der Waals surface area (Å²) in [6.07, 6.45) is 0.462. The maximum atomic E-state index is 11.6. The number of hydrogen-bond donors (Lipinski definition) is 1. The maximum Gasteiger partial charge on any atom is 0.410 e. The lowest BCUT2D eigenvalue weighted by Gasteiger charge is -2.31. The molecule has 1 saturated heterocycles. The van der Waals surface area contributed by atoms with Crippen molar-refractivity contribution in [3.63, 3.8) is 0 Å². The number of hydrogen-bond acceptors (Lipinski definition) is 3. The highest BCUT2D eigenvalue weighted by molar-refractivity contribution is 5.68. The quantitative estimate of drug-likeness (QED) is 0.840. The van der Waals surface area contributed by atoms with Crippen LogP contribution in [0, 0.1) is 0 Å². The summed E-state index contributed by atoms with van der Waals surface area (Å²) in [4.78, 5) is 13.3. The summed E-state index contributed by atoms with van der Waals surface area (Å²) in [6, 6.07) is 9.83. The monoisotopic (exact) mass is 220 g/mol. The zero-order valence-electron chi connectivity index (χ0n) is 9.13. The van der Waals surface area contributed by atoms with Crippen LogP contribution < -0.4 is 5.73 Å². The minimum Gasteiger partial charge on any atom is -0.441 e. The Labute approximate surface area is 95.0 Å². The third-order valence-corrected chi connectivity index (χ3v) is 2.73. The van der Waals surface area contributed by atoms with Gasteiger partial charge in [0.2, 0.25) is 0 Å². The number of cyclic esters (lactones) is 1. The van der Waals surface area contributed by atoms with Crippen molar-refractivity contribution < 1.29 is 9.53 Å². The van der Waals surface area contributed by atoms with Gasteiger partial charge in [-0.25, -0.2) is 4.79 Å². The van der Waals surface area contributed by atoms with Crippen LogP contribution in [0.1, 0.15) is 18.1 Å². The van der Waals surface area contributed by atoms with Gasteiger partial charge in [-0.3, -0.25) is 0 Å². The van der Waals surface area contributed by atoms with Gasteiger partial charge in [0.05, 0.1) is 0 Å². The molecule has 1 heterocycles. The van der Waals surface area contributed by atoms with Crippen LogP contribution in [0.5, 0.6) is 0 Å². The molecular weight excluding hydrogens is 204 g/mol. The Hall–Kier alpha value is -1.55. The molecule has 1 atom stereocenters. The summed E-state index contributed by atoms with van der Waals surface area (Å²) in [7, 11) is 0. The lowest BCUT2D eigenvalue weighted by molar-refractivity contribution is 0.0252. The molecule has 1 aromatic rings. The lowest BCUT2D eigenvalue weighted by Crippen LogP contribution is -2.41. The largest absolute Gasteiger partial charge is 0.441 e. The van der Waals surface area contributed by atoms with E-state index >= 15 is 0 Å². The van der Waals surface area contributed by atoms with Crippen molar-refractivity contribution in [2.75, 3.05) is 19.6 Å². The number of carbonyl (C=O) groups excluding carboxylic acids is 1. The van der Waals surface area contributed by atoms with E-state index in [2.05, 4.69) is 0 Å². The molecule has 0 spiro atoms. The van der Waals surface area contributed by atoms with E-state index in [0.29, 0.717) is 13.1 Å². The predicted octanol–water partition coefficient (Wildman–Crippen LogP) is 1.53. The van der Waals surface area contributed by atoms with Crippen molar-refractivity contribution in [1.29, 1.82) is 0 Å². The Morgan fingerprint density at radius 1 is 1.38 bits per heavy atom. The van der Waals surface area contributed by atoms with Crippen LogP contribution in [0.3, 0.4) is 0 Å². The van der Waals surface area contributed by atoms with E-state index in [1.807, 2.05) is 30.3 Å². The number of nitrogens with zero attached hydrogens (tertiary/aromatic N) is 1. The molecule has 2 N–H and O–H groups in total. The third kappa shape index (κ3) is 2.33. The molecule has 2 rings (SSSR count). The van der Waals surface area contributed by atoms with E-state index in [1.54, 1.807) is 4.90 Å². The fraction of sp³-hybridized carbons (Fsp3) is 0.417. The van der Waals surface area contributed by atoms with Crippen molar-refractivity contribution in [3.8, 4) is 0 Å². The SMILES string of the molecule is NCCN1CCC(c2ccccc2)OC1=O. The van der Waals surface area contributed by atoms with E-state index < -0.39 is 0 Å². The summed E-state index contributed by atoms with van der Waals surface area (Å²) in [5, 5.41) is 0. The second kappa shape index (κ2) is 4.99. The molecule has 4 nitrogen and oxygen atoms in total. The molecule has 0 aliphatic carbocycles. The highest BCUT2D eigenvalue weighted by Crippen LogP contribution is 2.26. The van der Waals surface area contributed by atoms with Crippen LogP contribution >= 0.6 is 0 Å². The minimum absolute atomic E-state index is 0.109. The smallest absolute Gasteiger partial charge is 0.410 e. The Bertz CT molecular complexity index is 353. The molecule has 1 amide bonds. The first-order valence-electron chi connectivity index (χ1n) is 5.52. The van der Waals surface area contributed by atoms with Crippen molar-refractivity contribution >= 4 is 6.09 Å². The lowest BCUT2D eigenvalue weighted by atomic mass is 10.1. The zero-order chi connectivity index (χ0) is 11.4. The van der Waals surface area contributed by atoms with Crippen molar-refractivity contribution in [2.24, 2.45) is 5.73 Å². The zero-order valence-corrected chi connectivity index (χ0v) is 9.13. The van der Waals surface area contributed by atoms with Crippen molar-refractivity contribution in [3.05, 3.63) is 35.9 Å². The normalized spacial score (nSPS) is 20.7. The van der Waals surface area contributed by atoms with Gasteiger partial charge in [-0.05, 0) is 5.56 Å². The van der Waals surface area contributed by atoms with Gasteiger partial charge in [-0.2, -0.15) is 0 Å². The number of ether oxygens (including phenoxy) is 1. The van der Waals surface area contributed by atoms with Gasteiger partial charge < -0.3 is 15.4 Å². The van der Waals surface area contributed by atoms with Crippen LogP contribution in [-0.4, -0.2) is 30.6 Å². The number of benzene rings is 1. The Morgan fingerprint density at radius 3 is 2.75 bits per heavy atom. The second-order valence-electron chi connectivity index (χ2n) is 3.85. The van der Waals surface area contributed by atoms with Gasteiger partial charge in [0.15, 0.2) is 0 Å². The fourth-order valence-corrected chi connectivity index (χ4v) is 1.88. The number of amides is 1. The molecule has 1 aromatic carbocycles. The predicted molar refractivity (Wildman–Crippen MR) is 60.9 cm³/mol. The van der Waals surface area contributed by atoms with Gasteiger partial charge in [0, 0.05) is 26.1 Å². The van der Waals surface area contributed by atoms with Gasteiger partial charge in [-0.1, -0.05) is 30.3 Å². The first-order valence-corrected chi connectivity index (χ1v) is 5.52. The van der Waals surface area contributed by atoms with Crippen molar-refractivity contribution in [2.45, 2.75) is 12.5 Å². The maximum absolute atomic E-state index is 11.6. The van der Waals surface area contributed by atoms with Crippen LogP contribution in [0.4, 0.5) is 4.79 Å². The Morgan fingerprint density at radius 2 is 2.12 bits per heavy atom. The van der Waals surface area contributed by atoms with Gasteiger partial charge in [0.25, 0.3) is 0 Å². The molecule has 0 bridgehead atoms. The Kier molecular flexibility index (Phi) is 3.41. The molecule has 86 valence electrons. The molecule has 4 heteroatoms. The van der Waals surface area contributed by atoms with E-state index in [9.17, 15) is 4.79 Å². The van der Waals surface area contributed by atoms with Gasteiger partial charge in [0.1, 0.15) is 6.10 Å². The average Bonchev–Trinajstić information content (AvgIpc) is 2.33. The minimum atomic E-state index is -0.259. The fourth-order valence-electron chi connectivity index (χ4n) is 1.88. The highest BCUT2D eigenvalue weighted by Gasteiger charge is 2.27. The van der Waals surface area contributed by atoms with Gasteiger partial charge >= 0.3 is 6.09 Å². The van der Waals surface area contributed by atoms with E-state index in [-0.39, 0.29) is 12.2 Å². The number of rotatable bonds is 3. The molecule has 1 aliphatic rings. The summed E-state index contributed by atoms with van der Waals surface area (Å²) >= 11 is 0. The molecular formula is C12H16N2O2. The summed E-state index contributed by atoms with van der Waals surface area (Å²) in [6.45, 7) is 1.76. The number of carbonyl (C=O) groups is 1. The topological polar surface area (TPSA) is 55.6 Å². The van der Waals surface area contributed by atoms with E-state index in [0.717, 1.165) is 18.5 Å². The highest BCUT2D eigenvalue weighted by atomic mass is 16.6. The first-order chi connectivity index (χ1) is 7.81. The van der Waals surface area contributed by atoms with E-state index in [4.69, 9.17) is 10.5 Å². The molecule has 0 radical (unpaired) electrons. The average molecular weight is 220 g/mol. The third-order valence-electron chi connectivity index (χ3n) is 2.73. The molecule has 16 heavy (non-hydrogen) atoms. The standard InChI is InChI=1S/C12H16N2O2/c13-7-9-14-8-6-11(16-12(14)15)10-4-2-1-3-5-10/h1-5,11H,6-9,13H2. The molecule has 1 unspecified atom stereocenters. The van der Waals surface area contributed by atoms with Gasteiger partial charge in [-0.15, -0.1) is 0 Å². The van der Waals surface area contributed by atoms with Crippen LogP contribution in [-0.2, 0) is 4.74 Å². The van der Waals surface area contributed by atoms with E-state index in [1.165, 1.54) is 0 Å². The van der Waals surface area contributed by atoms with Crippen LogP contribution in [0.15, 0.2) is 30.3 Å². The molecule has 1 fully saturated rings. The summed E-state index contributed by atoms with van der Waals surface area (Å²) in [5.41, 5.74) is 6.48. The Balaban J connectivity index is 2.00. The number of nitrogens with two attached hydrogens (primary N) is 1. The molecule has 0 saturated carbocycles. The summed E-state index contributed by atoms with van der Waals surface area (Å²) < 4.78 is 5.37. The first kappa shape index (κ1) is 11.0. The van der Waals surface area contributed by atoms with Crippen LogP contribution in [0.2, 0.25) is 0 Å². The molecule has 0 aromatic heterocycles. The van der Waals surface area contributed by atoms with Crippen LogP contribution in [0.25, 0.3) is 0 Å². The second-order valence-corrected chi connectivity index (χ2v) is 3.85. The molecule has 1 aliphatic heterocycles. The van der Waals surface area contributed by atoms with Crippen molar-refractivity contribution in [1.82, 2.24) is 4.90 Å². The summed E-state index contributed by atoms with van der Waals surface area (Å²) in [5.74, 6) is 0.